The van der Waals surface area contributed by atoms with E-state index < -0.39 is 17.8 Å². The molecule has 2 aromatic carbocycles. The van der Waals surface area contributed by atoms with Crippen LogP contribution in [0.1, 0.15) is 29.4 Å². The van der Waals surface area contributed by atoms with Crippen LogP contribution in [0.15, 0.2) is 54.9 Å². The van der Waals surface area contributed by atoms with Gasteiger partial charge in [0.1, 0.15) is 23.4 Å². The number of benzene rings is 2. The van der Waals surface area contributed by atoms with E-state index in [0.717, 1.165) is 5.56 Å². The Hall–Kier alpha value is -3.68. The number of amides is 2. The van der Waals surface area contributed by atoms with Crippen LogP contribution in [0.4, 0.5) is 10.1 Å². The van der Waals surface area contributed by atoms with Crippen LogP contribution in [0.5, 0.6) is 5.75 Å². The van der Waals surface area contributed by atoms with Crippen LogP contribution in [0.25, 0.3) is 0 Å². The summed E-state index contributed by atoms with van der Waals surface area (Å²) in [4.78, 5) is 31.9. The highest BCUT2D eigenvalue weighted by Gasteiger charge is 2.37. The van der Waals surface area contributed by atoms with E-state index in [1.807, 2.05) is 32.2 Å². The molecule has 8 heteroatoms. The van der Waals surface area contributed by atoms with Crippen molar-refractivity contribution in [2.75, 3.05) is 18.6 Å². The van der Waals surface area contributed by atoms with Crippen LogP contribution >= 0.6 is 0 Å². The van der Waals surface area contributed by atoms with Crippen molar-refractivity contribution in [2.24, 2.45) is 13.0 Å². The Bertz CT molecular complexity index is 1160. The lowest BCUT2D eigenvalue weighted by molar-refractivity contribution is -0.126. The third-order valence-corrected chi connectivity index (χ3v) is 5.71. The Kier molecular flexibility index (Phi) is 5.94. The van der Waals surface area contributed by atoms with Crippen molar-refractivity contribution < 1.29 is 18.7 Å². The molecular weight excluding hydrogens is 411 g/mol. The van der Waals surface area contributed by atoms with Crippen LogP contribution < -0.4 is 15.0 Å². The van der Waals surface area contributed by atoms with Gasteiger partial charge >= 0.3 is 0 Å². The molecule has 1 aliphatic heterocycles. The van der Waals surface area contributed by atoms with Crippen LogP contribution in [-0.4, -0.2) is 35.0 Å². The number of rotatable bonds is 6. The smallest absolute Gasteiger partial charge is 0.227 e. The number of nitrogens with zero attached hydrogens (tertiary/aromatic N) is 3. The van der Waals surface area contributed by atoms with Gasteiger partial charge in [-0.05, 0) is 42.3 Å². The Morgan fingerprint density at radius 2 is 2.09 bits per heavy atom. The lowest BCUT2D eigenvalue weighted by atomic mass is 10.0. The molecule has 1 saturated heterocycles. The number of carbonyl (C=O) groups is 2. The molecule has 0 radical (unpaired) electrons. The maximum Gasteiger partial charge on any atom is 0.227 e. The van der Waals surface area contributed by atoms with Crippen LogP contribution in [0, 0.1) is 18.7 Å². The molecular formula is C24H25FN4O3. The molecule has 32 heavy (non-hydrogen) atoms. The molecule has 2 unspecified atom stereocenters. The highest BCUT2D eigenvalue weighted by Crippen LogP contribution is 2.34. The number of imidazole rings is 1. The molecule has 2 atom stereocenters. The largest absolute Gasteiger partial charge is 0.495 e. The number of aryl methyl sites for hydroxylation is 2. The number of carbonyl (C=O) groups excluding carboxylic acids is 2. The molecule has 166 valence electrons. The molecule has 1 aliphatic rings. The zero-order valence-corrected chi connectivity index (χ0v) is 18.2. The minimum Gasteiger partial charge on any atom is -0.495 e. The Labute approximate surface area is 185 Å². The van der Waals surface area contributed by atoms with Crippen molar-refractivity contribution in [1.82, 2.24) is 14.9 Å². The number of aromatic nitrogens is 2. The van der Waals surface area contributed by atoms with Gasteiger partial charge in [0.05, 0.1) is 18.7 Å². The lowest BCUT2D eigenvalue weighted by Crippen LogP contribution is -2.37. The van der Waals surface area contributed by atoms with Crippen molar-refractivity contribution in [3.63, 3.8) is 0 Å². The molecule has 3 aromatic rings. The number of halogens is 1. The van der Waals surface area contributed by atoms with Gasteiger partial charge in [0.25, 0.3) is 0 Å². The normalized spacial score (nSPS) is 16.8. The minimum absolute atomic E-state index is 0.0827. The molecule has 1 aromatic heterocycles. The standard InChI is InChI=1S/C24H25FN4O3/c1-15-7-8-20(32-3)19(11-15)29-14-17(13-21(29)30)24(31)27-22(23-26-9-10-28(23)2)16-5-4-6-18(25)12-16/h4-12,17,22H,13-14H2,1-3H3,(H,27,31). The van der Waals surface area contributed by atoms with E-state index in [9.17, 15) is 14.0 Å². The van der Waals surface area contributed by atoms with Gasteiger partial charge in [-0.2, -0.15) is 0 Å². The third kappa shape index (κ3) is 4.21. The zero-order chi connectivity index (χ0) is 22.8. The molecule has 0 bridgehead atoms. The third-order valence-electron chi connectivity index (χ3n) is 5.71. The molecule has 1 N–H and O–H groups in total. The molecule has 0 spiro atoms. The molecule has 0 saturated carbocycles. The maximum atomic E-state index is 13.9. The fourth-order valence-corrected chi connectivity index (χ4v) is 4.03. The first kappa shape index (κ1) is 21.5. The lowest BCUT2D eigenvalue weighted by Gasteiger charge is -2.22. The summed E-state index contributed by atoms with van der Waals surface area (Å²) in [6.45, 7) is 2.17. The number of ether oxygens (including phenoxy) is 1. The van der Waals surface area contributed by atoms with E-state index in [1.54, 1.807) is 41.1 Å². The number of methoxy groups -OCH3 is 1. The predicted octanol–water partition coefficient (Wildman–Crippen LogP) is 3.13. The van der Waals surface area contributed by atoms with Crippen molar-refractivity contribution >= 4 is 17.5 Å². The number of nitrogens with one attached hydrogen (secondary N) is 1. The number of anilines is 1. The molecule has 0 aliphatic carbocycles. The van der Waals surface area contributed by atoms with Gasteiger partial charge in [0.15, 0.2) is 0 Å². The minimum atomic E-state index is -0.643. The van der Waals surface area contributed by atoms with E-state index >= 15 is 0 Å². The monoisotopic (exact) mass is 436 g/mol. The number of hydrogen-bond donors (Lipinski definition) is 1. The summed E-state index contributed by atoms with van der Waals surface area (Å²) in [5, 5.41) is 2.98. The summed E-state index contributed by atoms with van der Waals surface area (Å²) in [5.41, 5.74) is 2.22. The summed E-state index contributed by atoms with van der Waals surface area (Å²) in [7, 11) is 3.36. The summed E-state index contributed by atoms with van der Waals surface area (Å²) in [6.07, 6.45) is 3.47. The quantitative estimate of drug-likeness (QED) is 0.644. The van der Waals surface area contributed by atoms with Gasteiger partial charge in [0, 0.05) is 32.4 Å². The second kappa shape index (κ2) is 8.82. The molecule has 1 fully saturated rings. The van der Waals surface area contributed by atoms with E-state index in [1.165, 1.54) is 12.1 Å². The van der Waals surface area contributed by atoms with Crippen molar-refractivity contribution in [1.29, 1.82) is 0 Å². The predicted molar refractivity (Wildman–Crippen MR) is 118 cm³/mol. The van der Waals surface area contributed by atoms with Gasteiger partial charge in [-0.1, -0.05) is 18.2 Å². The average Bonchev–Trinajstić information content (AvgIpc) is 3.37. The summed E-state index contributed by atoms with van der Waals surface area (Å²) >= 11 is 0. The van der Waals surface area contributed by atoms with E-state index in [-0.39, 0.29) is 24.8 Å². The van der Waals surface area contributed by atoms with Gasteiger partial charge < -0.3 is 19.5 Å². The first-order valence-electron chi connectivity index (χ1n) is 10.4. The van der Waals surface area contributed by atoms with Crippen LogP contribution in [0.3, 0.4) is 0 Å². The molecule has 2 amide bonds. The highest BCUT2D eigenvalue weighted by atomic mass is 19.1. The maximum absolute atomic E-state index is 13.9. The first-order valence-corrected chi connectivity index (χ1v) is 10.4. The Morgan fingerprint density at radius 3 is 2.78 bits per heavy atom. The average molecular weight is 436 g/mol. The SMILES string of the molecule is COc1ccc(C)cc1N1CC(C(=O)NC(c2cccc(F)c2)c2nccn2C)CC1=O. The highest BCUT2D eigenvalue weighted by molar-refractivity contribution is 6.01. The summed E-state index contributed by atoms with van der Waals surface area (Å²) in [6, 6.07) is 11.0. The van der Waals surface area contributed by atoms with Gasteiger partial charge in [-0.15, -0.1) is 0 Å². The van der Waals surface area contributed by atoms with Gasteiger partial charge in [0.2, 0.25) is 11.8 Å². The van der Waals surface area contributed by atoms with E-state index in [4.69, 9.17) is 4.74 Å². The second-order valence-electron chi connectivity index (χ2n) is 7.97. The fourth-order valence-electron chi connectivity index (χ4n) is 4.03. The van der Waals surface area contributed by atoms with E-state index in [2.05, 4.69) is 10.3 Å². The molecule has 4 rings (SSSR count). The second-order valence-corrected chi connectivity index (χ2v) is 7.97. The zero-order valence-electron chi connectivity index (χ0n) is 18.2. The fraction of sp³-hybridized carbons (Fsp3) is 0.292. The number of hydrogen-bond acceptors (Lipinski definition) is 4. The van der Waals surface area contributed by atoms with E-state index in [0.29, 0.717) is 22.8 Å². The van der Waals surface area contributed by atoms with Crippen LogP contribution in [0.2, 0.25) is 0 Å². The van der Waals surface area contributed by atoms with Crippen LogP contribution in [-0.2, 0) is 16.6 Å². The van der Waals surface area contributed by atoms with Crippen molar-refractivity contribution in [2.45, 2.75) is 19.4 Å². The topological polar surface area (TPSA) is 76.5 Å². The first-order chi connectivity index (χ1) is 15.4. The van der Waals surface area contributed by atoms with Gasteiger partial charge in [-0.25, -0.2) is 9.37 Å². The Balaban J connectivity index is 1.58. The van der Waals surface area contributed by atoms with Crippen molar-refractivity contribution in [3.05, 3.63) is 77.6 Å². The Morgan fingerprint density at radius 1 is 1.28 bits per heavy atom. The summed E-state index contributed by atoms with van der Waals surface area (Å²) < 4.78 is 21.1. The van der Waals surface area contributed by atoms with Crippen molar-refractivity contribution in [3.8, 4) is 5.75 Å². The van der Waals surface area contributed by atoms with Gasteiger partial charge in [-0.3, -0.25) is 9.59 Å². The summed E-state index contributed by atoms with van der Waals surface area (Å²) in [5.74, 6) is -0.229. The molecule has 2 heterocycles. The molecule has 7 nitrogen and oxygen atoms in total.